The summed E-state index contributed by atoms with van der Waals surface area (Å²) in [5, 5.41) is 12.2. The largest absolute Gasteiger partial charge is 0.392 e. The van der Waals surface area contributed by atoms with Gasteiger partial charge in [-0.3, -0.25) is 4.90 Å². The van der Waals surface area contributed by atoms with Crippen molar-refractivity contribution in [2.75, 3.05) is 7.05 Å². The Morgan fingerprint density at radius 3 is 2.39 bits per heavy atom. The van der Waals surface area contributed by atoms with E-state index in [0.29, 0.717) is 0 Å². The fourth-order valence-corrected chi connectivity index (χ4v) is 2.48. The summed E-state index contributed by atoms with van der Waals surface area (Å²) in [6, 6.07) is 8.06. The zero-order chi connectivity index (χ0) is 13.0. The van der Waals surface area contributed by atoms with Crippen LogP contribution in [0.5, 0.6) is 0 Å². The summed E-state index contributed by atoms with van der Waals surface area (Å²) < 4.78 is 0. The molecule has 0 aliphatic heterocycles. The molecule has 1 aromatic carbocycles. The molecule has 0 aliphatic carbocycles. The molecule has 2 aromatic rings. The monoisotopic (exact) mass is 262 g/mol. The maximum Gasteiger partial charge on any atom is 0.0897 e. The molecule has 18 heavy (non-hydrogen) atoms. The first-order valence-electron chi connectivity index (χ1n) is 5.95. The van der Waals surface area contributed by atoms with Gasteiger partial charge in [0, 0.05) is 18.5 Å². The van der Waals surface area contributed by atoms with Gasteiger partial charge in [-0.05, 0) is 25.1 Å². The third-order valence-electron chi connectivity index (χ3n) is 2.76. The lowest BCUT2D eigenvalue weighted by atomic mass is 10.1. The van der Waals surface area contributed by atoms with Crippen LogP contribution in [0.1, 0.15) is 21.8 Å². The second kappa shape index (κ2) is 6.09. The van der Waals surface area contributed by atoms with Gasteiger partial charge in [-0.15, -0.1) is 11.3 Å². The highest BCUT2D eigenvalue weighted by Crippen LogP contribution is 2.12. The zero-order valence-corrected chi connectivity index (χ0v) is 11.6. The molecule has 0 fully saturated rings. The van der Waals surface area contributed by atoms with Crippen LogP contribution < -0.4 is 0 Å². The number of hydrogen-bond donors (Lipinski definition) is 1. The van der Waals surface area contributed by atoms with Gasteiger partial charge in [-0.2, -0.15) is 0 Å². The second-order valence-corrected chi connectivity index (χ2v) is 5.57. The van der Waals surface area contributed by atoms with E-state index in [0.717, 1.165) is 29.4 Å². The summed E-state index contributed by atoms with van der Waals surface area (Å²) in [7, 11) is 2.09. The summed E-state index contributed by atoms with van der Waals surface area (Å²) in [5.41, 5.74) is 3.34. The Morgan fingerprint density at radius 1 is 1.17 bits per heavy atom. The number of hydrogen-bond acceptors (Lipinski definition) is 4. The lowest BCUT2D eigenvalue weighted by Gasteiger charge is -2.15. The van der Waals surface area contributed by atoms with Crippen LogP contribution in [0.25, 0.3) is 0 Å². The first kappa shape index (κ1) is 13.2. The lowest BCUT2D eigenvalue weighted by molar-refractivity contribution is 0.281. The summed E-state index contributed by atoms with van der Waals surface area (Å²) in [6.45, 7) is 3.89. The summed E-state index contributed by atoms with van der Waals surface area (Å²) in [5.74, 6) is 0. The van der Waals surface area contributed by atoms with Crippen molar-refractivity contribution < 1.29 is 5.11 Å². The number of aromatic nitrogens is 1. The van der Waals surface area contributed by atoms with Crippen molar-refractivity contribution in [2.45, 2.75) is 26.6 Å². The average Bonchev–Trinajstić information content (AvgIpc) is 2.75. The Balaban J connectivity index is 1.91. The minimum atomic E-state index is 0.105. The van der Waals surface area contributed by atoms with Gasteiger partial charge in [0.2, 0.25) is 0 Å². The Morgan fingerprint density at radius 2 is 1.83 bits per heavy atom. The number of aliphatic hydroxyl groups is 1. The molecule has 4 heteroatoms. The average molecular weight is 262 g/mol. The number of benzene rings is 1. The predicted molar refractivity (Wildman–Crippen MR) is 74.4 cm³/mol. The van der Waals surface area contributed by atoms with Gasteiger partial charge in [-0.25, -0.2) is 4.98 Å². The first-order valence-corrected chi connectivity index (χ1v) is 6.83. The number of nitrogens with zero attached hydrogens (tertiary/aromatic N) is 2. The van der Waals surface area contributed by atoms with E-state index in [-0.39, 0.29) is 6.61 Å². The van der Waals surface area contributed by atoms with Crippen LogP contribution in [0, 0.1) is 6.92 Å². The molecule has 0 atom stereocenters. The van der Waals surface area contributed by atoms with Crippen LogP contribution >= 0.6 is 11.3 Å². The number of rotatable bonds is 5. The normalized spacial score (nSPS) is 11.1. The van der Waals surface area contributed by atoms with Gasteiger partial charge < -0.3 is 5.11 Å². The fraction of sp³-hybridized carbons (Fsp3) is 0.357. The highest BCUT2D eigenvalue weighted by molar-refractivity contribution is 7.09. The molecule has 0 radical (unpaired) electrons. The third-order valence-corrected chi connectivity index (χ3v) is 3.58. The summed E-state index contributed by atoms with van der Waals surface area (Å²) >= 11 is 1.69. The quantitative estimate of drug-likeness (QED) is 0.899. The van der Waals surface area contributed by atoms with Gasteiger partial charge in [0.05, 0.1) is 17.3 Å². The molecule has 0 saturated heterocycles. The van der Waals surface area contributed by atoms with E-state index in [1.165, 1.54) is 5.56 Å². The summed E-state index contributed by atoms with van der Waals surface area (Å²) in [6.07, 6.45) is 0. The van der Waals surface area contributed by atoms with Crippen molar-refractivity contribution in [3.05, 3.63) is 51.5 Å². The van der Waals surface area contributed by atoms with Gasteiger partial charge in [0.25, 0.3) is 0 Å². The van der Waals surface area contributed by atoms with Crippen LogP contribution in [0.4, 0.5) is 0 Å². The van der Waals surface area contributed by atoms with E-state index in [4.69, 9.17) is 5.11 Å². The van der Waals surface area contributed by atoms with Gasteiger partial charge in [0.1, 0.15) is 0 Å². The Hall–Kier alpha value is -1.23. The minimum Gasteiger partial charge on any atom is -0.392 e. The number of aryl methyl sites for hydroxylation is 1. The molecule has 1 aromatic heterocycles. The highest BCUT2D eigenvalue weighted by atomic mass is 32.1. The Labute approximate surface area is 112 Å². The SMILES string of the molecule is Cc1nc(CN(C)Cc2ccc(CO)cc2)cs1. The van der Waals surface area contributed by atoms with Crippen LogP contribution in [-0.2, 0) is 19.7 Å². The molecule has 1 N–H and O–H groups in total. The molecule has 1 heterocycles. The Bertz CT molecular complexity index is 493. The van der Waals surface area contributed by atoms with E-state index >= 15 is 0 Å². The third kappa shape index (κ3) is 3.63. The van der Waals surface area contributed by atoms with Crippen molar-refractivity contribution in [1.29, 1.82) is 0 Å². The summed E-state index contributed by atoms with van der Waals surface area (Å²) in [4.78, 5) is 6.70. The van der Waals surface area contributed by atoms with Crippen molar-refractivity contribution in [3.8, 4) is 0 Å². The molecule has 2 rings (SSSR count). The van der Waals surface area contributed by atoms with E-state index in [9.17, 15) is 0 Å². The van der Waals surface area contributed by atoms with Crippen molar-refractivity contribution in [1.82, 2.24) is 9.88 Å². The van der Waals surface area contributed by atoms with E-state index < -0.39 is 0 Å². The number of aliphatic hydroxyl groups excluding tert-OH is 1. The second-order valence-electron chi connectivity index (χ2n) is 4.50. The Kier molecular flexibility index (Phi) is 4.47. The van der Waals surface area contributed by atoms with Crippen LogP contribution in [-0.4, -0.2) is 22.0 Å². The van der Waals surface area contributed by atoms with Crippen molar-refractivity contribution >= 4 is 11.3 Å². The van der Waals surface area contributed by atoms with E-state index in [2.05, 4.69) is 34.4 Å². The highest BCUT2D eigenvalue weighted by Gasteiger charge is 2.04. The molecular weight excluding hydrogens is 244 g/mol. The van der Waals surface area contributed by atoms with E-state index in [1.54, 1.807) is 11.3 Å². The lowest BCUT2D eigenvalue weighted by Crippen LogP contribution is -2.17. The standard InChI is InChI=1S/C14H18N2OS/c1-11-15-14(10-18-11)8-16(2)7-12-3-5-13(9-17)6-4-12/h3-6,10,17H,7-9H2,1-2H3. The zero-order valence-electron chi connectivity index (χ0n) is 10.8. The molecule has 0 bridgehead atoms. The molecule has 0 spiro atoms. The van der Waals surface area contributed by atoms with Gasteiger partial charge in [-0.1, -0.05) is 24.3 Å². The molecule has 0 amide bonds. The van der Waals surface area contributed by atoms with Gasteiger partial charge >= 0.3 is 0 Å². The van der Waals surface area contributed by atoms with Crippen molar-refractivity contribution in [3.63, 3.8) is 0 Å². The maximum atomic E-state index is 8.99. The molecule has 96 valence electrons. The molecule has 0 aliphatic rings. The van der Waals surface area contributed by atoms with Crippen LogP contribution in [0.15, 0.2) is 29.6 Å². The smallest absolute Gasteiger partial charge is 0.0897 e. The first-order chi connectivity index (χ1) is 8.67. The van der Waals surface area contributed by atoms with E-state index in [1.807, 2.05) is 19.1 Å². The number of thiazole rings is 1. The minimum absolute atomic E-state index is 0.105. The predicted octanol–water partition coefficient (Wildman–Crippen LogP) is 2.58. The molecule has 3 nitrogen and oxygen atoms in total. The van der Waals surface area contributed by atoms with Crippen molar-refractivity contribution in [2.24, 2.45) is 0 Å². The maximum absolute atomic E-state index is 8.99. The molecule has 0 unspecified atom stereocenters. The topological polar surface area (TPSA) is 36.4 Å². The molecular formula is C14H18N2OS. The van der Waals surface area contributed by atoms with Gasteiger partial charge in [0.15, 0.2) is 0 Å². The van der Waals surface area contributed by atoms with Crippen LogP contribution in [0.3, 0.4) is 0 Å². The fourth-order valence-electron chi connectivity index (χ4n) is 1.88. The van der Waals surface area contributed by atoms with Crippen LogP contribution in [0.2, 0.25) is 0 Å². The molecule has 0 saturated carbocycles.